The summed E-state index contributed by atoms with van der Waals surface area (Å²) in [7, 11) is 5.77. The van der Waals surface area contributed by atoms with Crippen LogP contribution in [0, 0.1) is 0 Å². The average molecular weight is 261 g/mol. The molecule has 4 nitrogen and oxygen atoms in total. The maximum atomic E-state index is 12.6. The first-order valence-electron chi connectivity index (χ1n) is 6.61. The van der Waals surface area contributed by atoms with E-state index in [1.165, 1.54) is 0 Å². The van der Waals surface area contributed by atoms with Gasteiger partial charge < -0.3 is 4.90 Å². The SMILES string of the molecule is [B]c1ccc(C23NCCN2C(=O)c2ccncc23)cc1. The highest BCUT2D eigenvalue weighted by Crippen LogP contribution is 2.43. The van der Waals surface area contributed by atoms with Gasteiger partial charge in [0.1, 0.15) is 13.5 Å². The predicted molar refractivity (Wildman–Crippen MR) is 75.9 cm³/mol. The number of nitrogens with zero attached hydrogens (tertiary/aromatic N) is 2. The maximum Gasteiger partial charge on any atom is 0.256 e. The largest absolute Gasteiger partial charge is 0.311 e. The molecule has 1 aromatic heterocycles. The van der Waals surface area contributed by atoms with Crippen molar-refractivity contribution in [3.8, 4) is 0 Å². The summed E-state index contributed by atoms with van der Waals surface area (Å²) < 4.78 is 0. The topological polar surface area (TPSA) is 45.2 Å². The summed E-state index contributed by atoms with van der Waals surface area (Å²) in [6.45, 7) is 1.46. The summed E-state index contributed by atoms with van der Waals surface area (Å²) in [4.78, 5) is 18.6. The van der Waals surface area contributed by atoms with E-state index in [4.69, 9.17) is 7.85 Å². The summed E-state index contributed by atoms with van der Waals surface area (Å²) >= 11 is 0. The second kappa shape index (κ2) is 3.93. The lowest BCUT2D eigenvalue weighted by Crippen LogP contribution is -2.46. The van der Waals surface area contributed by atoms with Crippen LogP contribution in [0.4, 0.5) is 0 Å². The summed E-state index contributed by atoms with van der Waals surface area (Å²) in [6.07, 6.45) is 3.44. The Morgan fingerprint density at radius 2 is 2.05 bits per heavy atom. The quantitative estimate of drug-likeness (QED) is 0.742. The van der Waals surface area contributed by atoms with Crippen LogP contribution in [0.15, 0.2) is 42.7 Å². The van der Waals surface area contributed by atoms with Gasteiger partial charge in [0.05, 0.1) is 0 Å². The number of nitrogens with one attached hydrogen (secondary N) is 1. The summed E-state index contributed by atoms with van der Waals surface area (Å²) in [5.74, 6) is 0.0595. The zero-order valence-electron chi connectivity index (χ0n) is 10.8. The molecule has 0 saturated carbocycles. The van der Waals surface area contributed by atoms with Crippen molar-refractivity contribution in [1.82, 2.24) is 15.2 Å². The molecule has 96 valence electrons. The molecule has 1 unspecified atom stereocenters. The smallest absolute Gasteiger partial charge is 0.256 e. The minimum atomic E-state index is -0.589. The van der Waals surface area contributed by atoms with E-state index in [0.717, 1.165) is 23.2 Å². The van der Waals surface area contributed by atoms with Gasteiger partial charge in [-0.2, -0.15) is 0 Å². The van der Waals surface area contributed by atoms with E-state index in [-0.39, 0.29) is 5.91 Å². The van der Waals surface area contributed by atoms with Crippen LogP contribution in [0.1, 0.15) is 21.5 Å². The van der Waals surface area contributed by atoms with Crippen LogP contribution in [-0.2, 0) is 5.66 Å². The summed E-state index contributed by atoms with van der Waals surface area (Å²) in [5.41, 5.74) is 2.79. The van der Waals surface area contributed by atoms with E-state index in [2.05, 4.69) is 10.3 Å². The monoisotopic (exact) mass is 261 g/mol. The first-order chi connectivity index (χ1) is 9.73. The molecule has 3 heterocycles. The van der Waals surface area contributed by atoms with Gasteiger partial charge in [-0.1, -0.05) is 29.7 Å². The van der Waals surface area contributed by atoms with E-state index in [9.17, 15) is 4.79 Å². The molecule has 1 aromatic carbocycles. The Balaban J connectivity index is 1.99. The van der Waals surface area contributed by atoms with Gasteiger partial charge in [0.15, 0.2) is 0 Å². The molecule has 1 amide bonds. The second-order valence-electron chi connectivity index (χ2n) is 5.14. The minimum Gasteiger partial charge on any atom is -0.311 e. The molecule has 2 aromatic rings. The van der Waals surface area contributed by atoms with Crippen LogP contribution in [-0.4, -0.2) is 36.7 Å². The molecular formula is C15H12BN3O. The molecule has 1 saturated heterocycles. The average Bonchev–Trinajstić information content (AvgIpc) is 3.01. The molecule has 5 heteroatoms. The number of hydrogen-bond acceptors (Lipinski definition) is 3. The molecule has 20 heavy (non-hydrogen) atoms. The van der Waals surface area contributed by atoms with Gasteiger partial charge in [-0.25, -0.2) is 0 Å². The Morgan fingerprint density at radius 1 is 1.25 bits per heavy atom. The summed E-state index contributed by atoms with van der Waals surface area (Å²) in [6, 6.07) is 9.45. The van der Waals surface area contributed by atoms with Gasteiger partial charge in [0.25, 0.3) is 5.91 Å². The molecule has 1 N–H and O–H groups in total. The number of aromatic nitrogens is 1. The number of benzene rings is 1. The fraction of sp³-hybridized carbons (Fsp3) is 0.200. The van der Waals surface area contributed by atoms with E-state index < -0.39 is 5.66 Å². The van der Waals surface area contributed by atoms with E-state index >= 15 is 0 Å². The van der Waals surface area contributed by atoms with E-state index in [1.807, 2.05) is 29.2 Å². The molecule has 1 fully saturated rings. The highest BCUT2D eigenvalue weighted by Gasteiger charge is 2.53. The summed E-state index contributed by atoms with van der Waals surface area (Å²) in [5, 5.41) is 3.48. The molecule has 4 rings (SSSR count). The van der Waals surface area contributed by atoms with Crippen LogP contribution in [0.3, 0.4) is 0 Å². The lowest BCUT2D eigenvalue weighted by Gasteiger charge is -2.33. The fourth-order valence-corrected chi connectivity index (χ4v) is 3.26. The molecule has 0 aliphatic carbocycles. The van der Waals surface area contributed by atoms with E-state index in [0.29, 0.717) is 12.0 Å². The fourth-order valence-electron chi connectivity index (χ4n) is 3.26. The zero-order valence-corrected chi connectivity index (χ0v) is 10.8. The lowest BCUT2D eigenvalue weighted by molar-refractivity contribution is 0.0694. The Kier molecular flexibility index (Phi) is 2.29. The van der Waals surface area contributed by atoms with Crippen LogP contribution >= 0.6 is 0 Å². The van der Waals surface area contributed by atoms with Crippen LogP contribution in [0.25, 0.3) is 0 Å². The first-order valence-corrected chi connectivity index (χ1v) is 6.61. The molecule has 0 bridgehead atoms. The van der Waals surface area contributed by atoms with Crippen LogP contribution < -0.4 is 10.8 Å². The minimum absolute atomic E-state index is 0.0595. The lowest BCUT2D eigenvalue weighted by atomic mass is 9.89. The number of rotatable bonds is 1. The van der Waals surface area contributed by atoms with Crippen molar-refractivity contribution in [2.24, 2.45) is 0 Å². The third-order valence-corrected chi connectivity index (χ3v) is 4.14. The maximum absolute atomic E-state index is 12.6. The third kappa shape index (κ3) is 1.30. The Hall–Kier alpha value is -2.14. The Morgan fingerprint density at radius 3 is 2.85 bits per heavy atom. The number of carbonyl (C=O) groups excluding carboxylic acids is 1. The number of pyridine rings is 1. The molecule has 2 aliphatic rings. The first kappa shape index (κ1) is 11.7. The van der Waals surface area contributed by atoms with E-state index in [1.54, 1.807) is 18.5 Å². The number of carbonyl (C=O) groups is 1. The normalized spacial score (nSPS) is 23.8. The second-order valence-corrected chi connectivity index (χ2v) is 5.14. The number of hydrogen-bond donors (Lipinski definition) is 1. The Labute approximate surface area is 118 Å². The highest BCUT2D eigenvalue weighted by atomic mass is 16.2. The van der Waals surface area contributed by atoms with Crippen molar-refractivity contribution in [1.29, 1.82) is 0 Å². The van der Waals surface area contributed by atoms with Crippen molar-refractivity contribution in [2.75, 3.05) is 13.1 Å². The number of fused-ring (bicyclic) bond motifs is 3. The highest BCUT2D eigenvalue weighted by molar-refractivity contribution is 6.32. The van der Waals surface area contributed by atoms with Gasteiger partial charge in [0, 0.05) is 36.6 Å². The van der Waals surface area contributed by atoms with Crippen molar-refractivity contribution in [2.45, 2.75) is 5.66 Å². The molecule has 1 atom stereocenters. The van der Waals surface area contributed by atoms with Gasteiger partial charge in [-0.15, -0.1) is 0 Å². The molecule has 0 spiro atoms. The van der Waals surface area contributed by atoms with Crippen molar-refractivity contribution in [3.05, 3.63) is 59.4 Å². The van der Waals surface area contributed by atoms with Gasteiger partial charge in [-0.05, 0) is 11.6 Å². The zero-order chi connectivity index (χ0) is 13.7. The van der Waals surface area contributed by atoms with Crippen LogP contribution in [0.5, 0.6) is 0 Å². The Bertz CT molecular complexity index is 701. The van der Waals surface area contributed by atoms with Gasteiger partial charge in [-0.3, -0.25) is 15.1 Å². The van der Waals surface area contributed by atoms with Crippen molar-refractivity contribution in [3.63, 3.8) is 0 Å². The molecular weight excluding hydrogens is 249 g/mol. The van der Waals surface area contributed by atoms with Crippen LogP contribution in [0.2, 0.25) is 0 Å². The van der Waals surface area contributed by atoms with Gasteiger partial charge in [0.2, 0.25) is 0 Å². The standard InChI is InChI=1S/C15H12BN3O/c16-11-3-1-10(2-4-11)15-13-9-17-6-5-12(13)14(20)19(15)8-7-18-15/h1-6,9,18H,7-8H2. The predicted octanol–water partition coefficient (Wildman–Crippen LogP) is 0.135. The van der Waals surface area contributed by atoms with Gasteiger partial charge >= 0.3 is 0 Å². The third-order valence-electron chi connectivity index (χ3n) is 4.14. The number of amides is 1. The van der Waals surface area contributed by atoms with Crippen molar-refractivity contribution >= 4 is 19.2 Å². The molecule has 2 aliphatic heterocycles. The van der Waals surface area contributed by atoms with Crippen molar-refractivity contribution < 1.29 is 4.79 Å². The molecule has 2 radical (unpaired) electrons.